The van der Waals surface area contributed by atoms with Crippen LogP contribution in [-0.4, -0.2) is 60.5 Å². The molecule has 0 aromatic heterocycles. The minimum absolute atomic E-state index is 0.0324. The first kappa shape index (κ1) is 17.3. The number of carbonyl (C=O) groups excluding carboxylic acids is 2. The van der Waals surface area contributed by atoms with Crippen molar-refractivity contribution in [2.24, 2.45) is 11.8 Å². The Morgan fingerprint density at radius 3 is 2.73 bits per heavy atom. The summed E-state index contributed by atoms with van der Waals surface area (Å²) in [5.74, 6) is 1.36. The normalized spacial score (nSPS) is 26.4. The van der Waals surface area contributed by atoms with Gasteiger partial charge in [0, 0.05) is 26.6 Å². The molecule has 0 bridgehead atoms. The minimum Gasteiger partial charge on any atom is -0.377 e. The number of piperidine rings is 1. The molecule has 0 aromatic carbocycles. The third kappa shape index (κ3) is 4.45. The van der Waals surface area contributed by atoms with Gasteiger partial charge < -0.3 is 14.5 Å². The van der Waals surface area contributed by atoms with E-state index in [1.54, 1.807) is 4.90 Å². The van der Waals surface area contributed by atoms with E-state index >= 15 is 0 Å². The fourth-order valence-electron chi connectivity index (χ4n) is 3.47. The van der Waals surface area contributed by atoms with Crippen LogP contribution in [0.2, 0.25) is 0 Å². The summed E-state index contributed by atoms with van der Waals surface area (Å²) in [6.45, 7) is 9.08. The first-order chi connectivity index (χ1) is 10.5. The molecule has 2 aliphatic rings. The number of hydrogen-bond donors (Lipinski definition) is 0. The van der Waals surface area contributed by atoms with Crippen molar-refractivity contribution in [3.8, 4) is 0 Å². The molecule has 5 nitrogen and oxygen atoms in total. The molecular formula is C17H30N2O3. The summed E-state index contributed by atoms with van der Waals surface area (Å²) >= 11 is 0. The molecule has 0 saturated carbocycles. The zero-order chi connectivity index (χ0) is 16.1. The topological polar surface area (TPSA) is 49.9 Å². The van der Waals surface area contributed by atoms with Crippen LogP contribution in [0.5, 0.6) is 0 Å². The SMILES string of the molecule is CC(=O)N1CCOCC1C(=O)N1CCCC(CCC(C)C)C1. The first-order valence-corrected chi connectivity index (χ1v) is 8.62. The smallest absolute Gasteiger partial charge is 0.247 e. The third-order valence-corrected chi connectivity index (χ3v) is 4.80. The van der Waals surface area contributed by atoms with Crippen LogP contribution in [0.15, 0.2) is 0 Å². The van der Waals surface area contributed by atoms with E-state index in [0.717, 1.165) is 19.5 Å². The molecule has 0 aromatic rings. The summed E-state index contributed by atoms with van der Waals surface area (Å²) in [4.78, 5) is 28.2. The summed E-state index contributed by atoms with van der Waals surface area (Å²) in [7, 11) is 0. The van der Waals surface area contributed by atoms with Crippen LogP contribution in [0.3, 0.4) is 0 Å². The van der Waals surface area contributed by atoms with Gasteiger partial charge in [-0.05, 0) is 31.1 Å². The lowest BCUT2D eigenvalue weighted by Crippen LogP contribution is -2.57. The molecule has 2 unspecified atom stereocenters. The van der Waals surface area contributed by atoms with Crippen molar-refractivity contribution < 1.29 is 14.3 Å². The molecule has 2 rings (SSSR count). The quantitative estimate of drug-likeness (QED) is 0.797. The van der Waals surface area contributed by atoms with Crippen molar-refractivity contribution >= 4 is 11.8 Å². The van der Waals surface area contributed by atoms with E-state index in [-0.39, 0.29) is 11.8 Å². The van der Waals surface area contributed by atoms with Gasteiger partial charge in [-0.15, -0.1) is 0 Å². The lowest BCUT2D eigenvalue weighted by molar-refractivity contribution is -0.154. The molecule has 2 atom stereocenters. The molecular weight excluding hydrogens is 280 g/mol. The van der Waals surface area contributed by atoms with E-state index in [1.807, 2.05) is 4.90 Å². The van der Waals surface area contributed by atoms with Crippen molar-refractivity contribution in [2.75, 3.05) is 32.8 Å². The lowest BCUT2D eigenvalue weighted by Gasteiger charge is -2.40. The number of rotatable bonds is 4. The number of morpholine rings is 1. The molecule has 2 amide bonds. The van der Waals surface area contributed by atoms with Crippen molar-refractivity contribution in [1.82, 2.24) is 9.80 Å². The van der Waals surface area contributed by atoms with Crippen LogP contribution in [-0.2, 0) is 14.3 Å². The van der Waals surface area contributed by atoms with E-state index in [9.17, 15) is 9.59 Å². The Kier molecular flexibility index (Phi) is 6.24. The van der Waals surface area contributed by atoms with Gasteiger partial charge in [-0.25, -0.2) is 0 Å². The molecule has 126 valence electrons. The zero-order valence-electron chi connectivity index (χ0n) is 14.2. The number of hydrogen-bond acceptors (Lipinski definition) is 3. The minimum atomic E-state index is -0.421. The average Bonchev–Trinajstić information content (AvgIpc) is 2.52. The predicted molar refractivity (Wildman–Crippen MR) is 85.4 cm³/mol. The number of likely N-dealkylation sites (tertiary alicyclic amines) is 1. The van der Waals surface area contributed by atoms with Gasteiger partial charge in [-0.2, -0.15) is 0 Å². The average molecular weight is 310 g/mol. The summed E-state index contributed by atoms with van der Waals surface area (Å²) in [6.07, 6.45) is 4.70. The maximum Gasteiger partial charge on any atom is 0.247 e. The van der Waals surface area contributed by atoms with Gasteiger partial charge in [0.25, 0.3) is 0 Å². The predicted octanol–water partition coefficient (Wildman–Crippen LogP) is 1.91. The van der Waals surface area contributed by atoms with Crippen LogP contribution in [0.4, 0.5) is 0 Å². The second-order valence-electron chi connectivity index (χ2n) is 7.07. The molecule has 2 fully saturated rings. The van der Waals surface area contributed by atoms with Crippen LogP contribution >= 0.6 is 0 Å². The number of carbonyl (C=O) groups is 2. The van der Waals surface area contributed by atoms with Gasteiger partial charge in [0.2, 0.25) is 11.8 Å². The Morgan fingerprint density at radius 1 is 1.27 bits per heavy atom. The van der Waals surface area contributed by atoms with E-state index in [1.165, 1.54) is 26.2 Å². The Bertz CT molecular complexity index is 397. The van der Waals surface area contributed by atoms with Gasteiger partial charge in [0.15, 0.2) is 0 Å². The maximum atomic E-state index is 12.8. The molecule has 5 heteroatoms. The van der Waals surface area contributed by atoms with Gasteiger partial charge in [0.05, 0.1) is 13.2 Å². The van der Waals surface area contributed by atoms with E-state index < -0.39 is 6.04 Å². The summed E-state index contributed by atoms with van der Waals surface area (Å²) in [5, 5.41) is 0. The standard InChI is InChI=1S/C17H30N2O3/c1-13(2)6-7-15-5-4-8-18(11-15)17(21)16-12-22-10-9-19(16)14(3)20/h13,15-16H,4-12H2,1-3H3. The fourth-order valence-corrected chi connectivity index (χ4v) is 3.47. The zero-order valence-corrected chi connectivity index (χ0v) is 14.2. The number of ether oxygens (including phenoxy) is 1. The maximum absolute atomic E-state index is 12.8. The molecule has 0 spiro atoms. The van der Waals surface area contributed by atoms with Crippen molar-refractivity contribution in [3.63, 3.8) is 0 Å². The van der Waals surface area contributed by atoms with E-state index in [0.29, 0.717) is 31.6 Å². The first-order valence-electron chi connectivity index (χ1n) is 8.62. The van der Waals surface area contributed by atoms with Gasteiger partial charge in [-0.1, -0.05) is 20.3 Å². The summed E-state index contributed by atoms with van der Waals surface area (Å²) in [5.41, 5.74) is 0. The van der Waals surface area contributed by atoms with Gasteiger partial charge >= 0.3 is 0 Å². The summed E-state index contributed by atoms with van der Waals surface area (Å²) < 4.78 is 5.44. The monoisotopic (exact) mass is 310 g/mol. The van der Waals surface area contributed by atoms with E-state index in [4.69, 9.17) is 4.74 Å². The highest BCUT2D eigenvalue weighted by atomic mass is 16.5. The molecule has 0 radical (unpaired) electrons. The Hall–Kier alpha value is -1.10. The van der Waals surface area contributed by atoms with Crippen molar-refractivity contribution in [2.45, 2.75) is 52.5 Å². The number of nitrogens with zero attached hydrogens (tertiary/aromatic N) is 2. The van der Waals surface area contributed by atoms with Gasteiger partial charge in [-0.3, -0.25) is 9.59 Å². The lowest BCUT2D eigenvalue weighted by atomic mass is 9.90. The molecule has 2 heterocycles. The molecule has 2 aliphatic heterocycles. The summed E-state index contributed by atoms with van der Waals surface area (Å²) in [6, 6.07) is -0.421. The Labute approximate surface area is 134 Å². The Morgan fingerprint density at radius 2 is 2.05 bits per heavy atom. The van der Waals surface area contributed by atoms with Crippen LogP contribution in [0, 0.1) is 11.8 Å². The Balaban J connectivity index is 1.94. The van der Waals surface area contributed by atoms with Crippen LogP contribution in [0.25, 0.3) is 0 Å². The molecule has 22 heavy (non-hydrogen) atoms. The molecule has 2 saturated heterocycles. The second-order valence-corrected chi connectivity index (χ2v) is 7.07. The molecule has 0 N–H and O–H groups in total. The molecule has 0 aliphatic carbocycles. The third-order valence-electron chi connectivity index (χ3n) is 4.80. The second kappa shape index (κ2) is 7.95. The fraction of sp³-hybridized carbons (Fsp3) is 0.882. The van der Waals surface area contributed by atoms with Crippen LogP contribution < -0.4 is 0 Å². The largest absolute Gasteiger partial charge is 0.377 e. The highest BCUT2D eigenvalue weighted by Crippen LogP contribution is 2.24. The van der Waals surface area contributed by atoms with Crippen LogP contribution in [0.1, 0.15) is 46.5 Å². The highest BCUT2D eigenvalue weighted by Gasteiger charge is 2.35. The van der Waals surface area contributed by atoms with E-state index in [2.05, 4.69) is 13.8 Å². The number of amides is 2. The highest BCUT2D eigenvalue weighted by molar-refractivity contribution is 5.87. The van der Waals surface area contributed by atoms with Gasteiger partial charge in [0.1, 0.15) is 6.04 Å². The van der Waals surface area contributed by atoms with Crippen molar-refractivity contribution in [3.05, 3.63) is 0 Å². The van der Waals surface area contributed by atoms with Crippen molar-refractivity contribution in [1.29, 1.82) is 0 Å².